The van der Waals surface area contributed by atoms with Gasteiger partial charge in [-0.05, 0) is 48.4 Å². The largest absolute Gasteiger partial charge is 0.298 e. The van der Waals surface area contributed by atoms with E-state index in [9.17, 15) is 8.42 Å². The standard InChI is InChI=1S/C21H25NO2S/c23-25(24,21-9-10-21)16-18-7-4-8-19(13-18)20-11-12-22(15-20)14-17-5-2-1-3-6-17/h1-8,13,20-21H,9-12,14-16H2. The zero-order valence-corrected chi connectivity index (χ0v) is 15.3. The summed E-state index contributed by atoms with van der Waals surface area (Å²) in [5.41, 5.74) is 3.59. The number of hydrogen-bond donors (Lipinski definition) is 0. The van der Waals surface area contributed by atoms with Gasteiger partial charge in [0.2, 0.25) is 0 Å². The van der Waals surface area contributed by atoms with E-state index in [0.717, 1.165) is 44.5 Å². The quantitative estimate of drug-likeness (QED) is 0.792. The topological polar surface area (TPSA) is 37.4 Å². The van der Waals surface area contributed by atoms with Gasteiger partial charge in [0, 0.05) is 13.1 Å². The lowest BCUT2D eigenvalue weighted by Crippen LogP contribution is -2.19. The van der Waals surface area contributed by atoms with Gasteiger partial charge in [0.15, 0.2) is 9.84 Å². The number of likely N-dealkylation sites (tertiary alicyclic amines) is 1. The molecular weight excluding hydrogens is 330 g/mol. The molecule has 1 atom stereocenters. The second kappa shape index (κ2) is 6.93. The Labute approximate surface area is 150 Å². The molecule has 2 aromatic rings. The fraction of sp³-hybridized carbons (Fsp3) is 0.429. The molecule has 4 rings (SSSR count). The Morgan fingerprint density at radius 3 is 2.44 bits per heavy atom. The van der Waals surface area contributed by atoms with Crippen molar-refractivity contribution in [1.82, 2.24) is 4.90 Å². The molecule has 1 unspecified atom stereocenters. The average molecular weight is 356 g/mol. The van der Waals surface area contributed by atoms with Gasteiger partial charge in [0.1, 0.15) is 0 Å². The van der Waals surface area contributed by atoms with E-state index in [-0.39, 0.29) is 11.0 Å². The van der Waals surface area contributed by atoms with Crippen LogP contribution in [0.3, 0.4) is 0 Å². The first kappa shape index (κ1) is 16.8. The molecular formula is C21H25NO2S. The molecule has 0 aromatic heterocycles. The first-order valence-corrected chi connectivity index (χ1v) is 10.9. The number of hydrogen-bond acceptors (Lipinski definition) is 3. The smallest absolute Gasteiger partial charge is 0.157 e. The molecule has 2 aromatic carbocycles. The summed E-state index contributed by atoms with van der Waals surface area (Å²) in [5.74, 6) is 0.707. The second-order valence-corrected chi connectivity index (χ2v) is 9.74. The summed E-state index contributed by atoms with van der Waals surface area (Å²) in [6, 6.07) is 18.8. The molecule has 0 bridgehead atoms. The molecule has 0 spiro atoms. The first-order chi connectivity index (χ1) is 12.1. The predicted molar refractivity (Wildman–Crippen MR) is 101 cm³/mol. The molecule has 2 aliphatic rings. The molecule has 4 heteroatoms. The van der Waals surface area contributed by atoms with E-state index in [1.54, 1.807) is 0 Å². The Bertz CT molecular complexity index is 828. The predicted octanol–water partition coefficient (Wildman–Crippen LogP) is 3.75. The van der Waals surface area contributed by atoms with Crippen LogP contribution in [0.25, 0.3) is 0 Å². The van der Waals surface area contributed by atoms with Gasteiger partial charge in [-0.2, -0.15) is 0 Å². The molecule has 0 radical (unpaired) electrons. The summed E-state index contributed by atoms with van der Waals surface area (Å²) >= 11 is 0. The number of nitrogens with zero attached hydrogens (tertiary/aromatic N) is 1. The zero-order valence-electron chi connectivity index (χ0n) is 14.5. The molecule has 0 N–H and O–H groups in total. The van der Waals surface area contributed by atoms with Gasteiger partial charge in [-0.1, -0.05) is 54.6 Å². The van der Waals surface area contributed by atoms with Gasteiger partial charge in [-0.3, -0.25) is 4.90 Å². The highest BCUT2D eigenvalue weighted by molar-refractivity contribution is 7.91. The summed E-state index contributed by atoms with van der Waals surface area (Å²) in [7, 11) is -2.94. The Kier molecular flexibility index (Phi) is 4.65. The van der Waals surface area contributed by atoms with Crippen molar-refractivity contribution in [3.63, 3.8) is 0 Å². The molecule has 25 heavy (non-hydrogen) atoms. The summed E-state index contributed by atoms with van der Waals surface area (Å²) < 4.78 is 24.5. The molecule has 1 aliphatic heterocycles. The average Bonchev–Trinajstić information content (AvgIpc) is 3.37. The van der Waals surface area contributed by atoms with Crippen molar-refractivity contribution in [2.45, 2.75) is 42.7 Å². The van der Waals surface area contributed by atoms with Crippen LogP contribution in [-0.2, 0) is 22.1 Å². The summed E-state index contributed by atoms with van der Waals surface area (Å²) in [5, 5.41) is -0.0796. The maximum atomic E-state index is 12.2. The van der Waals surface area contributed by atoms with Crippen LogP contribution in [0.2, 0.25) is 0 Å². The van der Waals surface area contributed by atoms with E-state index in [4.69, 9.17) is 0 Å². The van der Waals surface area contributed by atoms with E-state index >= 15 is 0 Å². The fourth-order valence-electron chi connectivity index (χ4n) is 3.80. The minimum Gasteiger partial charge on any atom is -0.298 e. The second-order valence-electron chi connectivity index (χ2n) is 7.46. The van der Waals surface area contributed by atoms with Crippen molar-refractivity contribution in [1.29, 1.82) is 0 Å². The van der Waals surface area contributed by atoms with Crippen LogP contribution in [0.1, 0.15) is 41.9 Å². The van der Waals surface area contributed by atoms with Crippen LogP contribution in [0, 0.1) is 0 Å². The molecule has 1 aliphatic carbocycles. The summed E-state index contributed by atoms with van der Waals surface area (Å²) in [6.45, 7) is 3.14. The number of benzene rings is 2. The maximum Gasteiger partial charge on any atom is 0.157 e. The molecule has 1 saturated carbocycles. The SMILES string of the molecule is O=S(=O)(Cc1cccc(C2CCN(Cc3ccccc3)C2)c1)C1CC1. The monoisotopic (exact) mass is 355 g/mol. The maximum absolute atomic E-state index is 12.2. The minimum absolute atomic E-state index is 0.0796. The van der Waals surface area contributed by atoms with Crippen LogP contribution < -0.4 is 0 Å². The van der Waals surface area contributed by atoms with Crippen molar-refractivity contribution in [3.8, 4) is 0 Å². The Morgan fingerprint density at radius 2 is 1.68 bits per heavy atom. The number of sulfone groups is 1. The molecule has 0 amide bonds. The highest BCUT2D eigenvalue weighted by Gasteiger charge is 2.35. The molecule has 132 valence electrons. The highest BCUT2D eigenvalue weighted by atomic mass is 32.2. The third-order valence-electron chi connectivity index (χ3n) is 5.34. The van der Waals surface area contributed by atoms with Crippen molar-refractivity contribution >= 4 is 9.84 Å². The molecule has 1 heterocycles. The van der Waals surface area contributed by atoms with Gasteiger partial charge in [-0.25, -0.2) is 8.42 Å². The fourth-order valence-corrected chi connectivity index (χ4v) is 5.54. The van der Waals surface area contributed by atoms with E-state index < -0.39 is 9.84 Å². The van der Waals surface area contributed by atoms with Gasteiger partial charge >= 0.3 is 0 Å². The van der Waals surface area contributed by atoms with Crippen LogP contribution in [-0.4, -0.2) is 31.7 Å². The van der Waals surface area contributed by atoms with Crippen molar-refractivity contribution in [2.24, 2.45) is 0 Å². The van der Waals surface area contributed by atoms with E-state index in [2.05, 4.69) is 47.4 Å². The van der Waals surface area contributed by atoms with Crippen molar-refractivity contribution < 1.29 is 8.42 Å². The van der Waals surface area contributed by atoms with Crippen LogP contribution in [0.15, 0.2) is 54.6 Å². The van der Waals surface area contributed by atoms with Gasteiger partial charge in [-0.15, -0.1) is 0 Å². The lowest BCUT2D eigenvalue weighted by atomic mass is 9.97. The van der Waals surface area contributed by atoms with Gasteiger partial charge in [0.05, 0.1) is 11.0 Å². The lowest BCUT2D eigenvalue weighted by Gasteiger charge is -2.16. The molecule has 2 fully saturated rings. The summed E-state index contributed by atoms with van der Waals surface area (Å²) in [6.07, 6.45) is 2.84. The number of rotatable bonds is 6. The van der Waals surface area contributed by atoms with E-state index in [1.807, 2.05) is 12.1 Å². The van der Waals surface area contributed by atoms with Crippen molar-refractivity contribution in [2.75, 3.05) is 13.1 Å². The molecule has 3 nitrogen and oxygen atoms in total. The van der Waals surface area contributed by atoms with Crippen molar-refractivity contribution in [3.05, 3.63) is 71.3 Å². The lowest BCUT2D eigenvalue weighted by molar-refractivity contribution is 0.327. The van der Waals surface area contributed by atoms with E-state index in [0.29, 0.717) is 5.92 Å². The normalized spacial score (nSPS) is 21.5. The first-order valence-electron chi connectivity index (χ1n) is 9.17. The highest BCUT2D eigenvalue weighted by Crippen LogP contribution is 2.32. The zero-order chi connectivity index (χ0) is 17.3. The third-order valence-corrected chi connectivity index (χ3v) is 7.57. The third kappa shape index (κ3) is 4.13. The van der Waals surface area contributed by atoms with E-state index in [1.165, 1.54) is 11.1 Å². The minimum atomic E-state index is -2.94. The summed E-state index contributed by atoms with van der Waals surface area (Å²) in [4.78, 5) is 2.49. The van der Waals surface area contributed by atoms with Gasteiger partial charge in [0.25, 0.3) is 0 Å². The van der Waals surface area contributed by atoms with Crippen LogP contribution in [0.5, 0.6) is 0 Å². The molecule has 1 saturated heterocycles. The Balaban J connectivity index is 1.41. The Morgan fingerprint density at radius 1 is 0.920 bits per heavy atom. The van der Waals surface area contributed by atoms with Crippen LogP contribution in [0.4, 0.5) is 0 Å². The van der Waals surface area contributed by atoms with Crippen LogP contribution >= 0.6 is 0 Å². The van der Waals surface area contributed by atoms with Gasteiger partial charge < -0.3 is 0 Å². The Hall–Kier alpha value is -1.65.